The van der Waals surface area contributed by atoms with Crippen LogP contribution in [0.4, 0.5) is 5.69 Å². The van der Waals surface area contributed by atoms with Crippen molar-refractivity contribution >= 4 is 21.6 Å². The fraction of sp³-hybridized carbons (Fsp3) is 0.200. The normalized spacial score (nSPS) is 10.3. The molecule has 0 saturated heterocycles. The van der Waals surface area contributed by atoms with Crippen LogP contribution in [0, 0.1) is 6.92 Å². The maximum absolute atomic E-state index is 10.0. The topological polar surface area (TPSA) is 41.5 Å². The van der Waals surface area contributed by atoms with E-state index < -0.39 is 0 Å². The molecule has 3 nitrogen and oxygen atoms in total. The summed E-state index contributed by atoms with van der Waals surface area (Å²) in [4.78, 5) is 0. The number of aromatic hydroxyl groups is 1. The Balaban J connectivity index is 2.17. The van der Waals surface area contributed by atoms with E-state index in [0.29, 0.717) is 12.3 Å². The number of para-hydroxylation sites is 1. The van der Waals surface area contributed by atoms with Crippen molar-refractivity contribution in [3.05, 3.63) is 52.0 Å². The predicted molar refractivity (Wildman–Crippen MR) is 80.9 cm³/mol. The van der Waals surface area contributed by atoms with Crippen LogP contribution in [0.1, 0.15) is 11.1 Å². The Morgan fingerprint density at radius 3 is 2.79 bits per heavy atom. The van der Waals surface area contributed by atoms with Crippen molar-refractivity contribution in [2.45, 2.75) is 13.5 Å². The summed E-state index contributed by atoms with van der Waals surface area (Å²) >= 11 is 3.45. The lowest BCUT2D eigenvalue weighted by molar-refractivity contribution is 0.371. The van der Waals surface area contributed by atoms with E-state index in [9.17, 15) is 5.11 Å². The molecule has 0 saturated carbocycles. The number of phenols is 1. The van der Waals surface area contributed by atoms with Gasteiger partial charge in [-0.15, -0.1) is 0 Å². The number of hydrogen-bond acceptors (Lipinski definition) is 3. The van der Waals surface area contributed by atoms with Crippen molar-refractivity contribution in [1.29, 1.82) is 0 Å². The molecule has 2 N–H and O–H groups in total. The first kappa shape index (κ1) is 13.7. The molecule has 2 rings (SSSR count). The van der Waals surface area contributed by atoms with Crippen molar-refractivity contribution < 1.29 is 9.84 Å². The molecular formula is C15H16BrNO2. The fourth-order valence-electron chi connectivity index (χ4n) is 1.85. The number of nitrogens with one attached hydrogen (secondary N) is 1. The Kier molecular flexibility index (Phi) is 4.32. The molecule has 0 bridgehead atoms. The number of benzene rings is 2. The van der Waals surface area contributed by atoms with Crippen LogP contribution >= 0.6 is 15.9 Å². The largest absolute Gasteiger partial charge is 0.504 e. The summed E-state index contributed by atoms with van der Waals surface area (Å²) in [5, 5.41) is 13.3. The van der Waals surface area contributed by atoms with E-state index in [1.165, 1.54) is 0 Å². The zero-order valence-electron chi connectivity index (χ0n) is 10.9. The summed E-state index contributed by atoms with van der Waals surface area (Å²) in [6, 6.07) is 11.5. The number of halogens is 1. The molecule has 100 valence electrons. The second-order valence-electron chi connectivity index (χ2n) is 4.28. The molecule has 2 aromatic rings. The van der Waals surface area contributed by atoms with Crippen LogP contribution in [0.2, 0.25) is 0 Å². The van der Waals surface area contributed by atoms with Crippen molar-refractivity contribution in [3.63, 3.8) is 0 Å². The molecule has 0 spiro atoms. The molecule has 0 unspecified atom stereocenters. The van der Waals surface area contributed by atoms with Crippen LogP contribution in [0.15, 0.2) is 40.9 Å². The quantitative estimate of drug-likeness (QED) is 0.891. The fourth-order valence-corrected chi connectivity index (χ4v) is 2.21. The average Bonchev–Trinajstić information content (AvgIpc) is 2.41. The maximum Gasteiger partial charge on any atom is 0.162 e. The predicted octanol–water partition coefficient (Wildman–Crippen LogP) is 4.08. The molecule has 2 aromatic carbocycles. The highest BCUT2D eigenvalue weighted by Crippen LogP contribution is 2.30. The standard InChI is InChI=1S/C15H16BrNO2/c1-10-6-7-12(16)8-13(10)17-9-11-4-3-5-14(19-2)15(11)18/h3-8,17-18H,9H2,1-2H3. The van der Waals surface area contributed by atoms with Crippen LogP contribution < -0.4 is 10.1 Å². The van der Waals surface area contributed by atoms with Gasteiger partial charge in [-0.1, -0.05) is 34.1 Å². The minimum Gasteiger partial charge on any atom is -0.504 e. The molecule has 0 heterocycles. The van der Waals surface area contributed by atoms with E-state index in [1.54, 1.807) is 13.2 Å². The van der Waals surface area contributed by atoms with Gasteiger partial charge in [0.2, 0.25) is 0 Å². The first-order chi connectivity index (χ1) is 9.11. The zero-order chi connectivity index (χ0) is 13.8. The Bertz CT molecular complexity index is 584. The summed E-state index contributed by atoms with van der Waals surface area (Å²) in [6.45, 7) is 2.58. The van der Waals surface area contributed by atoms with E-state index >= 15 is 0 Å². The van der Waals surface area contributed by atoms with E-state index in [1.807, 2.05) is 37.3 Å². The van der Waals surface area contributed by atoms with Gasteiger partial charge in [-0.05, 0) is 30.7 Å². The summed E-state index contributed by atoms with van der Waals surface area (Å²) in [6.07, 6.45) is 0. The molecule has 0 aliphatic heterocycles. The highest BCUT2D eigenvalue weighted by atomic mass is 79.9. The first-order valence-corrected chi connectivity index (χ1v) is 6.76. The van der Waals surface area contributed by atoms with Crippen molar-refractivity contribution in [3.8, 4) is 11.5 Å². The summed E-state index contributed by atoms with van der Waals surface area (Å²) < 4.78 is 6.12. The van der Waals surface area contributed by atoms with Gasteiger partial charge in [0, 0.05) is 22.3 Å². The van der Waals surface area contributed by atoms with Gasteiger partial charge >= 0.3 is 0 Å². The first-order valence-electron chi connectivity index (χ1n) is 5.96. The third-order valence-corrected chi connectivity index (χ3v) is 3.46. The van der Waals surface area contributed by atoms with E-state index in [2.05, 4.69) is 21.2 Å². The Labute approximate surface area is 121 Å². The smallest absolute Gasteiger partial charge is 0.162 e. The molecule has 0 aromatic heterocycles. The lowest BCUT2D eigenvalue weighted by Gasteiger charge is -2.12. The summed E-state index contributed by atoms with van der Waals surface area (Å²) in [7, 11) is 1.55. The van der Waals surface area contributed by atoms with Crippen LogP contribution in [-0.4, -0.2) is 12.2 Å². The maximum atomic E-state index is 10.0. The number of phenolic OH excluding ortho intramolecular Hbond substituents is 1. The second kappa shape index (κ2) is 5.97. The van der Waals surface area contributed by atoms with Gasteiger partial charge in [-0.25, -0.2) is 0 Å². The van der Waals surface area contributed by atoms with Crippen LogP contribution in [-0.2, 0) is 6.54 Å². The average molecular weight is 322 g/mol. The number of methoxy groups -OCH3 is 1. The number of ether oxygens (including phenoxy) is 1. The highest BCUT2D eigenvalue weighted by Gasteiger charge is 2.07. The van der Waals surface area contributed by atoms with Gasteiger partial charge in [0.1, 0.15) is 0 Å². The lowest BCUT2D eigenvalue weighted by atomic mass is 10.1. The SMILES string of the molecule is COc1cccc(CNc2cc(Br)ccc2C)c1O. The zero-order valence-corrected chi connectivity index (χ0v) is 12.5. The molecular weight excluding hydrogens is 306 g/mol. The number of anilines is 1. The van der Waals surface area contributed by atoms with Gasteiger partial charge < -0.3 is 15.2 Å². The molecule has 0 amide bonds. The Morgan fingerprint density at radius 1 is 1.26 bits per heavy atom. The van der Waals surface area contributed by atoms with Crippen molar-refractivity contribution in [1.82, 2.24) is 0 Å². The third-order valence-electron chi connectivity index (χ3n) is 2.97. The molecule has 0 fully saturated rings. The van der Waals surface area contributed by atoms with Gasteiger partial charge in [-0.2, -0.15) is 0 Å². The van der Waals surface area contributed by atoms with E-state index in [0.717, 1.165) is 21.3 Å². The number of hydrogen-bond donors (Lipinski definition) is 2. The van der Waals surface area contributed by atoms with Crippen LogP contribution in [0.3, 0.4) is 0 Å². The monoisotopic (exact) mass is 321 g/mol. The number of rotatable bonds is 4. The molecule has 0 atom stereocenters. The molecule has 0 aliphatic rings. The molecule has 0 radical (unpaired) electrons. The van der Waals surface area contributed by atoms with Gasteiger partial charge in [-0.3, -0.25) is 0 Å². The Hall–Kier alpha value is -1.68. The molecule has 19 heavy (non-hydrogen) atoms. The summed E-state index contributed by atoms with van der Waals surface area (Å²) in [5.41, 5.74) is 3.00. The van der Waals surface area contributed by atoms with Crippen LogP contribution in [0.25, 0.3) is 0 Å². The highest BCUT2D eigenvalue weighted by molar-refractivity contribution is 9.10. The molecule has 4 heteroatoms. The third kappa shape index (κ3) is 3.20. The van der Waals surface area contributed by atoms with Gasteiger partial charge in [0.05, 0.1) is 7.11 Å². The van der Waals surface area contributed by atoms with Crippen molar-refractivity contribution in [2.75, 3.05) is 12.4 Å². The number of aryl methyl sites for hydroxylation is 1. The second-order valence-corrected chi connectivity index (χ2v) is 5.20. The van der Waals surface area contributed by atoms with E-state index in [-0.39, 0.29) is 5.75 Å². The lowest BCUT2D eigenvalue weighted by Crippen LogP contribution is -2.02. The van der Waals surface area contributed by atoms with Gasteiger partial charge in [0.15, 0.2) is 11.5 Å². The van der Waals surface area contributed by atoms with Crippen molar-refractivity contribution in [2.24, 2.45) is 0 Å². The van der Waals surface area contributed by atoms with Crippen LogP contribution in [0.5, 0.6) is 11.5 Å². The minimum atomic E-state index is 0.185. The summed E-state index contributed by atoms with van der Waals surface area (Å²) in [5.74, 6) is 0.676. The van der Waals surface area contributed by atoms with E-state index in [4.69, 9.17) is 4.74 Å². The van der Waals surface area contributed by atoms with Gasteiger partial charge in [0.25, 0.3) is 0 Å². The Morgan fingerprint density at radius 2 is 2.05 bits per heavy atom. The minimum absolute atomic E-state index is 0.185. The molecule has 0 aliphatic carbocycles.